The monoisotopic (exact) mass is 407 g/mol. The Hall–Kier alpha value is -1.69. The van der Waals surface area contributed by atoms with Crippen molar-refractivity contribution in [2.75, 3.05) is 26.3 Å². The minimum atomic E-state index is -0.582. The van der Waals surface area contributed by atoms with Gasteiger partial charge in [-0.3, -0.25) is 4.90 Å². The highest BCUT2D eigenvalue weighted by Gasteiger charge is 2.52. The molecule has 0 aliphatic carbocycles. The maximum absolute atomic E-state index is 15.1. The zero-order valence-electron chi connectivity index (χ0n) is 15.6. The maximum atomic E-state index is 15.1. The molecule has 2 aliphatic heterocycles. The summed E-state index contributed by atoms with van der Waals surface area (Å²) in [6.45, 7) is 1.99. The van der Waals surface area contributed by atoms with E-state index >= 15 is 4.39 Å². The van der Waals surface area contributed by atoms with Crippen molar-refractivity contribution in [2.24, 2.45) is 0 Å². The fourth-order valence-electron chi connectivity index (χ4n) is 4.93. The summed E-state index contributed by atoms with van der Waals surface area (Å²) in [5, 5.41) is 9.93. The average molecular weight is 408 g/mol. The number of aliphatic hydroxyl groups is 1. The summed E-state index contributed by atoms with van der Waals surface area (Å²) in [4.78, 5) is 2.27. The number of likely N-dealkylation sites (tertiary alicyclic amines) is 1. The SMILES string of the molecule is OCCCN1CCC[C@@]2(Cc3ccc(Cl)cc3)c3c(F)ccc(F)c3OCC12. The van der Waals surface area contributed by atoms with E-state index in [-0.39, 0.29) is 18.4 Å². The first kappa shape index (κ1) is 19.6. The molecule has 0 bridgehead atoms. The van der Waals surface area contributed by atoms with Gasteiger partial charge in [-0.2, -0.15) is 0 Å². The van der Waals surface area contributed by atoms with E-state index in [0.717, 1.165) is 31.0 Å². The Labute approximate surface area is 168 Å². The Kier molecular flexibility index (Phi) is 5.59. The van der Waals surface area contributed by atoms with Crippen LogP contribution in [0.3, 0.4) is 0 Å². The second-order valence-corrected chi connectivity index (χ2v) is 8.17. The third-order valence-electron chi connectivity index (χ3n) is 6.13. The summed E-state index contributed by atoms with van der Waals surface area (Å²) in [6.07, 6.45) is 2.87. The lowest BCUT2D eigenvalue weighted by atomic mass is 9.63. The fourth-order valence-corrected chi connectivity index (χ4v) is 5.06. The van der Waals surface area contributed by atoms with Crippen molar-refractivity contribution in [3.63, 3.8) is 0 Å². The minimum Gasteiger partial charge on any atom is -0.488 e. The molecule has 0 saturated carbocycles. The molecule has 4 rings (SSSR count). The van der Waals surface area contributed by atoms with Crippen LogP contribution in [-0.4, -0.2) is 42.4 Å². The fraction of sp³-hybridized carbons (Fsp3) is 0.455. The van der Waals surface area contributed by atoms with Gasteiger partial charge >= 0.3 is 0 Å². The molecule has 0 amide bonds. The van der Waals surface area contributed by atoms with Gasteiger partial charge in [0.25, 0.3) is 0 Å². The number of hydrogen-bond acceptors (Lipinski definition) is 3. The Morgan fingerprint density at radius 2 is 1.89 bits per heavy atom. The van der Waals surface area contributed by atoms with Crippen LogP contribution in [0.15, 0.2) is 36.4 Å². The van der Waals surface area contributed by atoms with Gasteiger partial charge in [0.15, 0.2) is 11.6 Å². The summed E-state index contributed by atoms with van der Waals surface area (Å²) in [5.74, 6) is -0.883. The molecule has 1 saturated heterocycles. The highest BCUT2D eigenvalue weighted by atomic mass is 35.5. The molecular formula is C22H24ClF2NO2. The van der Waals surface area contributed by atoms with Gasteiger partial charge in [0.05, 0.1) is 6.04 Å². The maximum Gasteiger partial charge on any atom is 0.165 e. The lowest BCUT2D eigenvalue weighted by molar-refractivity contribution is 0.00669. The van der Waals surface area contributed by atoms with E-state index < -0.39 is 17.0 Å². The lowest BCUT2D eigenvalue weighted by Gasteiger charge is -2.53. The number of nitrogens with zero attached hydrogens (tertiary/aromatic N) is 1. The number of piperidine rings is 1. The molecule has 2 aromatic rings. The van der Waals surface area contributed by atoms with Gasteiger partial charge in [0.2, 0.25) is 0 Å². The Morgan fingerprint density at radius 3 is 2.64 bits per heavy atom. The van der Waals surface area contributed by atoms with Crippen molar-refractivity contribution in [1.82, 2.24) is 4.90 Å². The van der Waals surface area contributed by atoms with E-state index in [4.69, 9.17) is 16.3 Å². The largest absolute Gasteiger partial charge is 0.488 e. The lowest BCUT2D eigenvalue weighted by Crippen LogP contribution is -2.61. The minimum absolute atomic E-state index is 0.0502. The zero-order chi connectivity index (χ0) is 19.7. The van der Waals surface area contributed by atoms with Crippen molar-refractivity contribution in [1.29, 1.82) is 0 Å². The second-order valence-electron chi connectivity index (χ2n) is 7.74. The van der Waals surface area contributed by atoms with Gasteiger partial charge in [-0.25, -0.2) is 8.78 Å². The molecule has 150 valence electrons. The molecule has 2 aromatic carbocycles. The van der Waals surface area contributed by atoms with Crippen LogP contribution < -0.4 is 4.74 Å². The van der Waals surface area contributed by atoms with E-state index in [1.807, 2.05) is 24.3 Å². The van der Waals surface area contributed by atoms with E-state index in [2.05, 4.69) is 4.90 Å². The van der Waals surface area contributed by atoms with Gasteiger partial charge in [-0.1, -0.05) is 23.7 Å². The second kappa shape index (κ2) is 7.97. The standard InChI is InChI=1S/C22H24ClF2NO2/c23-16-5-3-15(4-6-16)13-22-9-1-10-26(11-2-12-27)19(22)14-28-21-18(25)8-7-17(24)20(21)22/h3-8,19,27H,1-2,9-14H2/t19?,22-/m0/s1. The van der Waals surface area contributed by atoms with Gasteiger partial charge in [-0.05, 0) is 62.1 Å². The summed E-state index contributed by atoms with van der Waals surface area (Å²) in [6, 6.07) is 9.83. The number of aliphatic hydroxyl groups excluding tert-OH is 1. The molecule has 1 fully saturated rings. The molecule has 0 spiro atoms. The summed E-state index contributed by atoms with van der Waals surface area (Å²) < 4.78 is 35.4. The van der Waals surface area contributed by atoms with Crippen LogP contribution in [0, 0.1) is 11.6 Å². The quantitative estimate of drug-likeness (QED) is 0.800. The number of fused-ring (bicyclic) bond motifs is 3. The first-order valence-corrected chi connectivity index (χ1v) is 10.1. The molecular weight excluding hydrogens is 384 g/mol. The molecule has 0 radical (unpaired) electrons. The van der Waals surface area contributed by atoms with Gasteiger partial charge in [0.1, 0.15) is 12.4 Å². The first-order chi connectivity index (χ1) is 13.5. The zero-order valence-corrected chi connectivity index (χ0v) is 16.4. The molecule has 6 heteroatoms. The summed E-state index contributed by atoms with van der Waals surface area (Å²) >= 11 is 6.04. The molecule has 28 heavy (non-hydrogen) atoms. The third-order valence-corrected chi connectivity index (χ3v) is 6.38. The van der Waals surface area contributed by atoms with Crippen LogP contribution in [0.5, 0.6) is 5.75 Å². The number of rotatable bonds is 5. The predicted molar refractivity (Wildman–Crippen MR) is 105 cm³/mol. The van der Waals surface area contributed by atoms with Crippen LogP contribution in [0.2, 0.25) is 5.02 Å². The highest BCUT2D eigenvalue weighted by Crippen LogP contribution is 2.50. The molecule has 3 nitrogen and oxygen atoms in total. The van der Waals surface area contributed by atoms with Crippen molar-refractivity contribution in [3.8, 4) is 5.75 Å². The summed E-state index contributed by atoms with van der Waals surface area (Å²) in [5.41, 5.74) is 0.809. The Morgan fingerprint density at radius 1 is 1.14 bits per heavy atom. The molecule has 2 heterocycles. The molecule has 1 N–H and O–H groups in total. The first-order valence-electron chi connectivity index (χ1n) is 9.76. The van der Waals surface area contributed by atoms with E-state index in [1.54, 1.807) is 0 Å². The van der Waals surface area contributed by atoms with E-state index in [0.29, 0.717) is 36.6 Å². The number of hydrogen-bond donors (Lipinski definition) is 1. The number of ether oxygens (including phenoxy) is 1. The summed E-state index contributed by atoms with van der Waals surface area (Å²) in [7, 11) is 0. The topological polar surface area (TPSA) is 32.7 Å². The van der Waals surface area contributed by atoms with Gasteiger partial charge in [0, 0.05) is 29.2 Å². The van der Waals surface area contributed by atoms with Crippen LogP contribution in [0.4, 0.5) is 8.78 Å². The van der Waals surface area contributed by atoms with Crippen molar-refractivity contribution in [3.05, 3.63) is 64.2 Å². The average Bonchev–Trinajstić information content (AvgIpc) is 2.70. The van der Waals surface area contributed by atoms with Gasteiger partial charge in [-0.15, -0.1) is 0 Å². The predicted octanol–water partition coefficient (Wildman–Crippen LogP) is 4.34. The Balaban J connectivity index is 1.82. The van der Waals surface area contributed by atoms with Crippen molar-refractivity contribution < 1.29 is 18.6 Å². The third kappa shape index (κ3) is 3.40. The smallest absolute Gasteiger partial charge is 0.165 e. The van der Waals surface area contributed by atoms with Crippen molar-refractivity contribution >= 4 is 11.6 Å². The van der Waals surface area contributed by atoms with Crippen LogP contribution >= 0.6 is 11.6 Å². The molecule has 1 unspecified atom stereocenters. The van der Waals surface area contributed by atoms with E-state index in [9.17, 15) is 9.50 Å². The van der Waals surface area contributed by atoms with Crippen LogP contribution in [0.1, 0.15) is 30.4 Å². The van der Waals surface area contributed by atoms with Gasteiger partial charge < -0.3 is 9.84 Å². The molecule has 0 aromatic heterocycles. The van der Waals surface area contributed by atoms with Crippen LogP contribution in [0.25, 0.3) is 0 Å². The number of benzene rings is 2. The van der Waals surface area contributed by atoms with Crippen molar-refractivity contribution in [2.45, 2.75) is 37.1 Å². The molecule has 2 atom stereocenters. The number of halogens is 3. The Bertz CT molecular complexity index is 845. The highest BCUT2D eigenvalue weighted by molar-refractivity contribution is 6.30. The van der Waals surface area contributed by atoms with E-state index in [1.165, 1.54) is 6.07 Å². The normalized spacial score (nSPS) is 24.4. The molecule has 2 aliphatic rings. The van der Waals surface area contributed by atoms with Crippen LogP contribution in [-0.2, 0) is 11.8 Å².